The zero-order valence-corrected chi connectivity index (χ0v) is 45.8. The van der Waals surface area contributed by atoms with E-state index >= 15 is 0 Å². The molecule has 1 atom stereocenters. The summed E-state index contributed by atoms with van der Waals surface area (Å²) in [6.07, 6.45) is 50.1. The molecule has 8 nitrogen and oxygen atoms in total. The van der Waals surface area contributed by atoms with E-state index in [0.29, 0.717) is 43.1 Å². The molecule has 66 heavy (non-hydrogen) atoms. The third-order valence-electron chi connectivity index (χ3n) is 12.4. The second kappa shape index (κ2) is 61.3. The molecule has 392 valence electrons. The van der Waals surface area contributed by atoms with Gasteiger partial charge in [0.15, 0.2) is 0 Å². The molecule has 0 aliphatic carbocycles. The van der Waals surface area contributed by atoms with Crippen LogP contribution in [0.2, 0.25) is 0 Å². The van der Waals surface area contributed by atoms with Gasteiger partial charge in [-0.2, -0.15) is 0 Å². The lowest BCUT2D eigenvalue weighted by molar-refractivity contribution is -0.118. The Morgan fingerprint density at radius 2 is 0.939 bits per heavy atom. The minimum absolute atomic E-state index is 0.0660. The molecule has 0 aromatic carbocycles. The summed E-state index contributed by atoms with van der Waals surface area (Å²) in [7, 11) is 3.71. The number of unbranched alkanes of at least 4 members (excludes halogenated alkanes) is 25. The van der Waals surface area contributed by atoms with Gasteiger partial charge in [-0.25, -0.2) is 0 Å². The molecule has 0 aliphatic heterocycles. The molecule has 0 aromatic rings. The number of carbonyl (C=O) groups is 3. The van der Waals surface area contributed by atoms with Crippen LogP contribution in [0.25, 0.3) is 0 Å². The number of nitrogens with one attached hydrogen (secondary N) is 1. The van der Waals surface area contributed by atoms with E-state index in [2.05, 4.69) is 44.5 Å². The van der Waals surface area contributed by atoms with Crippen LogP contribution >= 0.6 is 11.8 Å². The molecule has 1 N–H and O–H groups in total. The Bertz CT molecular complexity index is 971. The van der Waals surface area contributed by atoms with Crippen LogP contribution in [0.15, 0.2) is 24.7 Å². The van der Waals surface area contributed by atoms with Gasteiger partial charge in [0.25, 0.3) is 0 Å². The molecule has 0 fully saturated rings. The van der Waals surface area contributed by atoms with Gasteiger partial charge in [0, 0.05) is 33.6 Å². The number of rotatable bonds is 50. The Morgan fingerprint density at radius 3 is 1.33 bits per heavy atom. The monoisotopic (exact) mass is 953 g/mol. The highest BCUT2D eigenvalue weighted by Gasteiger charge is 2.09. The van der Waals surface area contributed by atoms with Gasteiger partial charge in [-0.3, -0.25) is 4.79 Å². The molecule has 0 aliphatic rings. The molecule has 0 spiro atoms. The first-order valence-electron chi connectivity index (χ1n) is 27.8. The van der Waals surface area contributed by atoms with Crippen LogP contribution in [0.1, 0.15) is 259 Å². The van der Waals surface area contributed by atoms with Crippen molar-refractivity contribution in [3.05, 3.63) is 24.7 Å². The van der Waals surface area contributed by atoms with Gasteiger partial charge >= 0.3 is 0 Å². The molecule has 0 rings (SSSR count). The van der Waals surface area contributed by atoms with Gasteiger partial charge in [0.2, 0.25) is 5.91 Å². The van der Waals surface area contributed by atoms with Gasteiger partial charge in [-0.1, -0.05) is 188 Å². The normalized spacial score (nSPS) is 11.7. The fraction of sp³-hybridized carbons (Fsp3) is 0.877. The van der Waals surface area contributed by atoms with Crippen molar-refractivity contribution in [2.75, 3.05) is 51.9 Å². The number of methoxy groups -OCH3 is 2. The maximum atomic E-state index is 12.1. The topological polar surface area (TPSA) is 94.2 Å². The van der Waals surface area contributed by atoms with Crippen LogP contribution in [0, 0.1) is 0 Å². The van der Waals surface area contributed by atoms with Gasteiger partial charge in [-0.15, -0.1) is 11.8 Å². The van der Waals surface area contributed by atoms with Crippen molar-refractivity contribution in [1.82, 2.24) is 10.2 Å². The van der Waals surface area contributed by atoms with Crippen molar-refractivity contribution in [1.29, 1.82) is 0 Å². The quantitative estimate of drug-likeness (QED) is 0.0366. The largest absolute Gasteiger partial charge is 0.469 e. The van der Waals surface area contributed by atoms with E-state index in [0.717, 1.165) is 76.5 Å². The van der Waals surface area contributed by atoms with Gasteiger partial charge in [-0.05, 0) is 90.4 Å². The summed E-state index contributed by atoms with van der Waals surface area (Å²) < 4.78 is 16.2. The smallest absolute Gasteiger partial charge is 0.230 e. The van der Waals surface area contributed by atoms with E-state index in [1.165, 1.54) is 191 Å². The van der Waals surface area contributed by atoms with Crippen LogP contribution in [0.4, 0.5) is 0 Å². The number of amides is 1. The van der Waals surface area contributed by atoms with E-state index in [1.807, 2.05) is 27.2 Å². The van der Waals surface area contributed by atoms with Gasteiger partial charge in [0.05, 0.1) is 30.0 Å². The fourth-order valence-corrected chi connectivity index (χ4v) is 8.79. The Morgan fingerprint density at radius 1 is 0.545 bits per heavy atom. The Labute approximate surface area is 415 Å². The third-order valence-corrected chi connectivity index (χ3v) is 13.3. The minimum Gasteiger partial charge on any atom is -0.469 e. The zero-order valence-electron chi connectivity index (χ0n) is 45.0. The van der Waals surface area contributed by atoms with Crippen LogP contribution < -0.4 is 5.32 Å². The van der Waals surface area contributed by atoms with E-state index in [1.54, 1.807) is 0 Å². The highest BCUT2D eigenvalue weighted by Crippen LogP contribution is 2.17. The Hall–Kier alpha value is -1.68. The molecule has 9 heteroatoms. The maximum absolute atomic E-state index is 12.1. The number of ether oxygens (including phenoxy) is 3. The molecule has 0 radical (unpaired) electrons. The standard InChI is InChI=1S/C27H48N2O4S.C18H38O.C12H26O/c1-3-26(33-4-2)24-34-25-27(32)28-18-17-21-29(19-13-9-5-7-11-15-22-30)20-14-10-6-8-12-16-23-31;1-4-6-8-10-12-14-16-18(19-3)17-15-13-11-9-7-5-2;1-4-6-7-8-9-10-11-12(5-2)13-3/h3-4,22-23H,2,5-21,24-25H2,1H3,(H,28,32);18H,4-17H2,1-3H3;12H,4-11H2,1-3H3/b26-3-;;. The lowest BCUT2D eigenvalue weighted by Gasteiger charge is -2.22. The van der Waals surface area contributed by atoms with Gasteiger partial charge < -0.3 is 34.0 Å². The lowest BCUT2D eigenvalue weighted by atomic mass is 10.0. The summed E-state index contributed by atoms with van der Waals surface area (Å²) in [5, 5.41) is 3.03. The van der Waals surface area contributed by atoms with Crippen LogP contribution in [0.3, 0.4) is 0 Å². The van der Waals surface area contributed by atoms with Crippen molar-refractivity contribution in [2.24, 2.45) is 0 Å². The summed E-state index contributed by atoms with van der Waals surface area (Å²) >= 11 is 1.54. The molecular formula is C57H112N2O6S. The average Bonchev–Trinajstić information content (AvgIpc) is 3.33. The van der Waals surface area contributed by atoms with E-state index in [9.17, 15) is 14.4 Å². The summed E-state index contributed by atoms with van der Waals surface area (Å²) in [5.74, 6) is 1.97. The van der Waals surface area contributed by atoms with Crippen LogP contribution in [-0.2, 0) is 28.6 Å². The summed E-state index contributed by atoms with van der Waals surface area (Å²) in [6, 6.07) is 0. The number of hydrogen-bond acceptors (Lipinski definition) is 8. The van der Waals surface area contributed by atoms with Crippen molar-refractivity contribution in [2.45, 2.75) is 272 Å². The molecule has 0 bridgehead atoms. The van der Waals surface area contributed by atoms with E-state index in [-0.39, 0.29) is 5.91 Å². The number of hydrogen-bond donors (Lipinski definition) is 1. The Kier molecular flexibility index (Phi) is 63.7. The number of allylic oxidation sites excluding steroid dienone is 1. The van der Waals surface area contributed by atoms with Crippen LogP contribution in [0.5, 0.6) is 0 Å². The molecule has 1 amide bonds. The summed E-state index contributed by atoms with van der Waals surface area (Å²) in [6.45, 7) is 18.4. The third kappa shape index (κ3) is 56.6. The number of aldehydes is 2. The second-order valence-corrected chi connectivity index (χ2v) is 19.3. The van der Waals surface area contributed by atoms with E-state index < -0.39 is 0 Å². The lowest BCUT2D eigenvalue weighted by Crippen LogP contribution is -2.32. The summed E-state index contributed by atoms with van der Waals surface area (Å²) in [5.41, 5.74) is 0. The van der Waals surface area contributed by atoms with Crippen molar-refractivity contribution >= 4 is 30.2 Å². The number of carbonyl (C=O) groups excluding carboxylic acids is 3. The second-order valence-electron chi connectivity index (χ2n) is 18.3. The minimum atomic E-state index is 0.0660. The predicted molar refractivity (Wildman–Crippen MR) is 290 cm³/mol. The zero-order chi connectivity index (χ0) is 49.2. The SMILES string of the molecule is C=CO/C(=C\C)CSCC(=O)NCCCN(CCCCCCCC=O)CCCCCCCC=O.CCCCCCCCC(CC)OC.CCCCCCCCC(CCCCCCCC)OC. The fourth-order valence-electron chi connectivity index (χ4n) is 7.97. The first-order chi connectivity index (χ1) is 32.4. The number of nitrogens with zero attached hydrogens (tertiary/aromatic N) is 1. The first-order valence-corrected chi connectivity index (χ1v) is 28.9. The number of thioether (sulfide) groups is 1. The molecule has 0 saturated carbocycles. The van der Waals surface area contributed by atoms with Crippen molar-refractivity contribution in [3.63, 3.8) is 0 Å². The molecular weight excluding hydrogens is 841 g/mol. The summed E-state index contributed by atoms with van der Waals surface area (Å²) in [4.78, 5) is 35.4. The maximum Gasteiger partial charge on any atom is 0.230 e. The highest BCUT2D eigenvalue weighted by atomic mass is 32.2. The van der Waals surface area contributed by atoms with Crippen LogP contribution in [-0.4, -0.2) is 87.5 Å². The Balaban J connectivity index is -0.00000103. The van der Waals surface area contributed by atoms with Gasteiger partial charge in [0.1, 0.15) is 18.3 Å². The highest BCUT2D eigenvalue weighted by molar-refractivity contribution is 8.00. The average molecular weight is 954 g/mol. The first kappa shape index (κ1) is 68.6. The molecule has 0 aromatic heterocycles. The van der Waals surface area contributed by atoms with Crippen molar-refractivity contribution < 1.29 is 28.6 Å². The van der Waals surface area contributed by atoms with E-state index in [4.69, 9.17) is 14.2 Å². The predicted octanol–water partition coefficient (Wildman–Crippen LogP) is 16.3. The van der Waals surface area contributed by atoms with Crippen molar-refractivity contribution in [3.8, 4) is 0 Å². The molecule has 0 saturated heterocycles. The molecule has 1 unspecified atom stereocenters. The molecule has 0 heterocycles.